The minimum atomic E-state index is -0.00215. The zero-order valence-electron chi connectivity index (χ0n) is 9.53. The number of alkyl halides is 1. The lowest BCUT2D eigenvalue weighted by Crippen LogP contribution is -2.12. The van der Waals surface area contributed by atoms with Crippen molar-refractivity contribution in [2.45, 2.75) is 13.3 Å². The molecule has 0 aliphatic heterocycles. The zero-order valence-corrected chi connectivity index (χ0v) is 11.1. The van der Waals surface area contributed by atoms with Crippen molar-refractivity contribution in [1.29, 1.82) is 0 Å². The van der Waals surface area contributed by atoms with Gasteiger partial charge in [0.05, 0.1) is 11.2 Å². The molecule has 0 spiro atoms. The predicted molar refractivity (Wildman–Crippen MR) is 73.5 cm³/mol. The Labute approximate surface area is 108 Å². The lowest BCUT2D eigenvalue weighted by atomic mass is 10.1. The highest BCUT2D eigenvalue weighted by Crippen LogP contribution is 2.21. The monoisotopic (exact) mass is 292 g/mol. The summed E-state index contributed by atoms with van der Waals surface area (Å²) in [4.78, 5) is 16.0. The number of pyridine rings is 1. The van der Waals surface area contributed by atoms with E-state index in [0.717, 1.165) is 22.3 Å². The van der Waals surface area contributed by atoms with Gasteiger partial charge in [0.25, 0.3) is 0 Å². The molecule has 1 aromatic heterocycles. The van der Waals surface area contributed by atoms with Crippen LogP contribution >= 0.6 is 15.9 Å². The Balaban J connectivity index is 2.39. The van der Waals surface area contributed by atoms with Crippen LogP contribution in [0.15, 0.2) is 30.3 Å². The maximum absolute atomic E-state index is 11.6. The number of halogens is 1. The first-order chi connectivity index (χ1) is 8.20. The van der Waals surface area contributed by atoms with E-state index in [-0.39, 0.29) is 5.91 Å². The molecule has 0 radical (unpaired) electrons. The van der Waals surface area contributed by atoms with E-state index in [1.165, 1.54) is 0 Å². The van der Waals surface area contributed by atoms with Crippen LogP contribution in [0.2, 0.25) is 0 Å². The number of nitrogens with one attached hydrogen (secondary N) is 1. The number of nitrogens with zero attached hydrogens (tertiary/aromatic N) is 1. The number of amides is 1. The molecular weight excluding hydrogens is 280 g/mol. The topological polar surface area (TPSA) is 42.0 Å². The second-order valence-corrected chi connectivity index (χ2v) is 4.61. The van der Waals surface area contributed by atoms with Gasteiger partial charge in [-0.3, -0.25) is 9.78 Å². The fourth-order valence-electron chi connectivity index (χ4n) is 1.64. The third-order valence-corrected chi connectivity index (χ3v) is 2.85. The molecule has 0 atom stereocenters. The van der Waals surface area contributed by atoms with E-state index in [2.05, 4.69) is 26.2 Å². The van der Waals surface area contributed by atoms with Crippen LogP contribution in [0.1, 0.15) is 12.1 Å². The third-order valence-electron chi connectivity index (χ3n) is 2.46. The highest BCUT2D eigenvalue weighted by molar-refractivity contribution is 9.09. The van der Waals surface area contributed by atoms with E-state index in [9.17, 15) is 4.79 Å². The predicted octanol–water partition coefficient (Wildman–Crippen LogP) is 3.27. The number of para-hydroxylation sites is 1. The largest absolute Gasteiger partial charge is 0.324 e. The van der Waals surface area contributed by atoms with E-state index < -0.39 is 0 Å². The number of aromatic nitrogens is 1. The van der Waals surface area contributed by atoms with Crippen molar-refractivity contribution in [2.24, 2.45) is 0 Å². The Kier molecular flexibility index (Phi) is 3.74. The molecular formula is C13H13BrN2O. The van der Waals surface area contributed by atoms with Crippen LogP contribution in [0.25, 0.3) is 10.9 Å². The van der Waals surface area contributed by atoms with Gasteiger partial charge in [-0.05, 0) is 19.1 Å². The minimum absolute atomic E-state index is 0.00215. The van der Waals surface area contributed by atoms with Crippen LogP contribution in [-0.2, 0) is 4.79 Å². The van der Waals surface area contributed by atoms with Gasteiger partial charge in [0, 0.05) is 22.8 Å². The maximum atomic E-state index is 11.6. The minimum Gasteiger partial charge on any atom is -0.324 e. The molecule has 1 N–H and O–H groups in total. The lowest BCUT2D eigenvalue weighted by Gasteiger charge is -2.07. The summed E-state index contributed by atoms with van der Waals surface area (Å²) in [5.41, 5.74) is 2.56. The van der Waals surface area contributed by atoms with Crippen LogP contribution in [0.5, 0.6) is 0 Å². The van der Waals surface area contributed by atoms with E-state index in [0.29, 0.717) is 11.8 Å². The Morgan fingerprint density at radius 2 is 2.18 bits per heavy atom. The van der Waals surface area contributed by atoms with E-state index in [1.807, 2.05) is 37.3 Å². The molecule has 1 amide bonds. The molecule has 2 aromatic rings. The number of fused-ring (bicyclic) bond motifs is 1. The summed E-state index contributed by atoms with van der Waals surface area (Å²) in [6.45, 7) is 1.94. The summed E-state index contributed by atoms with van der Waals surface area (Å²) >= 11 is 3.25. The van der Waals surface area contributed by atoms with Gasteiger partial charge in [0.15, 0.2) is 0 Å². The summed E-state index contributed by atoms with van der Waals surface area (Å²) in [5.74, 6) is -0.00215. The van der Waals surface area contributed by atoms with Gasteiger partial charge in [-0.1, -0.05) is 34.1 Å². The van der Waals surface area contributed by atoms with Crippen LogP contribution in [0, 0.1) is 6.92 Å². The summed E-state index contributed by atoms with van der Waals surface area (Å²) in [6, 6.07) is 9.76. The number of anilines is 1. The van der Waals surface area contributed by atoms with Crippen LogP contribution < -0.4 is 5.32 Å². The highest BCUT2D eigenvalue weighted by Gasteiger charge is 2.06. The lowest BCUT2D eigenvalue weighted by molar-refractivity contribution is -0.115. The van der Waals surface area contributed by atoms with Crippen LogP contribution in [0.3, 0.4) is 0 Å². The van der Waals surface area contributed by atoms with E-state index in [4.69, 9.17) is 0 Å². The van der Waals surface area contributed by atoms with Crippen LogP contribution in [-0.4, -0.2) is 16.2 Å². The zero-order chi connectivity index (χ0) is 12.3. The molecule has 0 saturated heterocycles. The number of rotatable bonds is 3. The highest BCUT2D eigenvalue weighted by atomic mass is 79.9. The number of carbonyl (C=O) groups is 1. The smallest absolute Gasteiger partial charge is 0.225 e. The van der Waals surface area contributed by atoms with Gasteiger partial charge in [0.1, 0.15) is 0 Å². The van der Waals surface area contributed by atoms with Crippen molar-refractivity contribution >= 4 is 38.4 Å². The van der Waals surface area contributed by atoms with Gasteiger partial charge in [-0.15, -0.1) is 0 Å². The molecule has 0 aliphatic carbocycles. The van der Waals surface area contributed by atoms with Gasteiger partial charge < -0.3 is 5.32 Å². The Bertz CT molecular complexity index is 554. The molecule has 0 unspecified atom stereocenters. The van der Waals surface area contributed by atoms with Crippen molar-refractivity contribution in [3.63, 3.8) is 0 Å². The maximum Gasteiger partial charge on any atom is 0.225 e. The first-order valence-corrected chi connectivity index (χ1v) is 6.55. The van der Waals surface area contributed by atoms with Gasteiger partial charge in [-0.2, -0.15) is 0 Å². The normalized spacial score (nSPS) is 10.5. The second kappa shape index (κ2) is 5.27. The van der Waals surface area contributed by atoms with Crippen molar-refractivity contribution in [3.05, 3.63) is 36.0 Å². The molecule has 17 heavy (non-hydrogen) atoms. The molecule has 0 saturated carbocycles. The third kappa shape index (κ3) is 2.82. The molecule has 0 bridgehead atoms. The van der Waals surface area contributed by atoms with Crippen molar-refractivity contribution in [2.75, 3.05) is 10.6 Å². The average Bonchev–Trinajstić information content (AvgIpc) is 2.30. The molecule has 0 aliphatic rings. The summed E-state index contributed by atoms with van der Waals surface area (Å²) in [6.07, 6.45) is 0.461. The van der Waals surface area contributed by atoms with Crippen molar-refractivity contribution < 1.29 is 4.79 Å². The Morgan fingerprint density at radius 1 is 1.35 bits per heavy atom. The number of carbonyl (C=O) groups excluding carboxylic acids is 1. The molecule has 1 heterocycles. The molecule has 4 heteroatoms. The van der Waals surface area contributed by atoms with E-state index >= 15 is 0 Å². The fraction of sp³-hybridized carbons (Fsp3) is 0.231. The molecule has 2 rings (SSSR count). The average molecular weight is 293 g/mol. The Hall–Kier alpha value is -1.42. The standard InChI is InChI=1S/C13H13BrN2O/c1-9-5-6-10-3-2-4-11(13(10)15-9)16-12(17)7-8-14/h2-6H,7-8H2,1H3,(H,16,17). The summed E-state index contributed by atoms with van der Waals surface area (Å²) in [5, 5.41) is 4.58. The SMILES string of the molecule is Cc1ccc2cccc(NC(=O)CCBr)c2n1. The quantitative estimate of drug-likeness (QED) is 0.882. The van der Waals surface area contributed by atoms with Gasteiger partial charge >= 0.3 is 0 Å². The van der Waals surface area contributed by atoms with Gasteiger partial charge in [0.2, 0.25) is 5.91 Å². The van der Waals surface area contributed by atoms with Crippen molar-refractivity contribution in [3.8, 4) is 0 Å². The first-order valence-electron chi connectivity index (χ1n) is 5.43. The summed E-state index contributed by atoms with van der Waals surface area (Å²) < 4.78 is 0. The molecule has 1 aromatic carbocycles. The number of aryl methyl sites for hydroxylation is 1. The van der Waals surface area contributed by atoms with Gasteiger partial charge in [-0.25, -0.2) is 0 Å². The summed E-state index contributed by atoms with van der Waals surface area (Å²) in [7, 11) is 0. The van der Waals surface area contributed by atoms with Crippen LogP contribution in [0.4, 0.5) is 5.69 Å². The van der Waals surface area contributed by atoms with Crippen molar-refractivity contribution in [1.82, 2.24) is 4.98 Å². The first kappa shape index (κ1) is 12.0. The fourth-order valence-corrected chi connectivity index (χ4v) is 2.00. The number of benzene rings is 1. The molecule has 88 valence electrons. The Morgan fingerprint density at radius 3 is 2.94 bits per heavy atom. The second-order valence-electron chi connectivity index (χ2n) is 3.82. The number of hydrogen-bond donors (Lipinski definition) is 1. The number of hydrogen-bond acceptors (Lipinski definition) is 2. The molecule has 3 nitrogen and oxygen atoms in total. The molecule has 0 fully saturated rings. The van der Waals surface area contributed by atoms with E-state index in [1.54, 1.807) is 0 Å².